The van der Waals surface area contributed by atoms with E-state index in [2.05, 4.69) is 39.6 Å². The average molecular weight is 351 g/mol. The molecule has 2 aromatic carbocycles. The van der Waals surface area contributed by atoms with Crippen LogP contribution in [0.2, 0.25) is 0 Å². The van der Waals surface area contributed by atoms with E-state index in [1.807, 2.05) is 31.2 Å². The first-order valence-corrected chi connectivity index (χ1v) is 9.58. The van der Waals surface area contributed by atoms with Crippen LogP contribution in [0.5, 0.6) is 0 Å². The van der Waals surface area contributed by atoms with Crippen LogP contribution in [-0.4, -0.2) is 21.1 Å². The van der Waals surface area contributed by atoms with Crippen molar-refractivity contribution in [3.05, 3.63) is 59.7 Å². The lowest BCUT2D eigenvalue weighted by atomic mass is 9.88. The number of rotatable bonds is 4. The number of para-hydroxylation sites is 2. The smallest absolute Gasteiger partial charge is 0.233 e. The van der Waals surface area contributed by atoms with E-state index >= 15 is 0 Å². The Bertz CT molecular complexity index is 872. The number of hydrogen-bond donors (Lipinski definition) is 2. The van der Waals surface area contributed by atoms with Gasteiger partial charge in [-0.15, -0.1) is 0 Å². The zero-order chi connectivity index (χ0) is 17.2. The number of aromatic amines is 1. The van der Waals surface area contributed by atoms with Crippen molar-refractivity contribution in [3.8, 4) is 0 Å². The zero-order valence-electron chi connectivity index (χ0n) is 14.2. The Morgan fingerprint density at radius 3 is 2.92 bits per heavy atom. The molecule has 2 atom stereocenters. The molecule has 1 amide bonds. The van der Waals surface area contributed by atoms with Crippen LogP contribution in [0.15, 0.2) is 53.7 Å². The minimum Gasteiger partial charge on any atom is -0.348 e. The lowest BCUT2D eigenvalue weighted by molar-refractivity contribution is -0.121. The largest absolute Gasteiger partial charge is 0.348 e. The number of amides is 1. The number of aryl methyl sites for hydroxylation is 1. The third-order valence-electron chi connectivity index (χ3n) is 4.71. The van der Waals surface area contributed by atoms with Crippen molar-refractivity contribution >= 4 is 28.7 Å². The van der Waals surface area contributed by atoms with Gasteiger partial charge in [-0.3, -0.25) is 4.79 Å². The molecule has 1 aliphatic rings. The summed E-state index contributed by atoms with van der Waals surface area (Å²) >= 11 is 1.47. The molecule has 128 valence electrons. The molecule has 1 heterocycles. The maximum absolute atomic E-state index is 12.7. The molecular weight excluding hydrogens is 330 g/mol. The lowest BCUT2D eigenvalue weighted by Crippen LogP contribution is -2.35. The van der Waals surface area contributed by atoms with Crippen molar-refractivity contribution in [1.29, 1.82) is 0 Å². The van der Waals surface area contributed by atoms with Crippen LogP contribution < -0.4 is 5.32 Å². The van der Waals surface area contributed by atoms with Gasteiger partial charge in [0.1, 0.15) is 0 Å². The number of nitrogens with one attached hydrogen (secondary N) is 2. The standard InChI is InChI=1S/C20H21N3OS/c1-13(25-20-22-17-10-4-5-11-18(17)23-20)19(24)21-16-12-6-8-14-7-2-3-9-15(14)16/h2-5,7,9-11,13,16H,6,8,12H2,1H3,(H,21,24)(H,22,23)/t13-,16-/m1/s1. The van der Waals surface area contributed by atoms with Crippen LogP contribution >= 0.6 is 11.8 Å². The summed E-state index contributed by atoms with van der Waals surface area (Å²) in [5, 5.41) is 3.81. The molecule has 0 spiro atoms. The van der Waals surface area contributed by atoms with Gasteiger partial charge in [0.25, 0.3) is 0 Å². The summed E-state index contributed by atoms with van der Waals surface area (Å²) in [6, 6.07) is 16.5. The average Bonchev–Trinajstić information content (AvgIpc) is 3.04. The molecule has 4 nitrogen and oxygen atoms in total. The van der Waals surface area contributed by atoms with E-state index in [9.17, 15) is 4.79 Å². The number of nitrogens with zero attached hydrogens (tertiary/aromatic N) is 1. The Hall–Kier alpha value is -2.27. The first kappa shape index (κ1) is 16.2. The predicted molar refractivity (Wildman–Crippen MR) is 102 cm³/mol. The van der Waals surface area contributed by atoms with Crippen LogP contribution in [0.4, 0.5) is 0 Å². The van der Waals surface area contributed by atoms with Crippen LogP contribution in [0.1, 0.15) is 36.9 Å². The van der Waals surface area contributed by atoms with Gasteiger partial charge < -0.3 is 10.3 Å². The maximum atomic E-state index is 12.7. The quantitative estimate of drug-likeness (QED) is 0.691. The molecule has 2 N–H and O–H groups in total. The molecule has 4 rings (SSSR count). The summed E-state index contributed by atoms with van der Waals surface area (Å²) in [6.45, 7) is 1.93. The third kappa shape index (κ3) is 3.42. The highest BCUT2D eigenvalue weighted by Crippen LogP contribution is 2.30. The number of H-pyrrole nitrogens is 1. The predicted octanol–water partition coefficient (Wildman–Crippen LogP) is 4.24. The minimum atomic E-state index is -0.199. The van der Waals surface area contributed by atoms with Crippen molar-refractivity contribution in [2.75, 3.05) is 0 Å². The Balaban J connectivity index is 1.44. The maximum Gasteiger partial charge on any atom is 0.233 e. The summed E-state index contributed by atoms with van der Waals surface area (Å²) in [7, 11) is 0. The first-order valence-electron chi connectivity index (χ1n) is 8.70. The molecule has 0 radical (unpaired) electrons. The fourth-order valence-corrected chi connectivity index (χ4v) is 4.23. The zero-order valence-corrected chi connectivity index (χ0v) is 15.0. The van der Waals surface area contributed by atoms with Crippen molar-refractivity contribution in [3.63, 3.8) is 0 Å². The summed E-state index contributed by atoms with van der Waals surface area (Å²) in [5.74, 6) is 0.0622. The number of benzene rings is 2. The fraction of sp³-hybridized carbons (Fsp3) is 0.300. The molecule has 0 fully saturated rings. The monoisotopic (exact) mass is 351 g/mol. The third-order valence-corrected chi connectivity index (χ3v) is 5.70. The van der Waals surface area contributed by atoms with E-state index in [1.165, 1.54) is 22.9 Å². The number of carbonyl (C=O) groups is 1. The molecule has 0 saturated heterocycles. The van der Waals surface area contributed by atoms with E-state index in [1.54, 1.807) is 0 Å². The topological polar surface area (TPSA) is 57.8 Å². The number of carbonyl (C=O) groups excluding carboxylic acids is 1. The van der Waals surface area contributed by atoms with Crippen LogP contribution in [0.25, 0.3) is 11.0 Å². The van der Waals surface area contributed by atoms with Gasteiger partial charge in [-0.1, -0.05) is 48.2 Å². The number of imidazole rings is 1. The fourth-order valence-electron chi connectivity index (χ4n) is 3.40. The summed E-state index contributed by atoms with van der Waals surface area (Å²) in [4.78, 5) is 20.5. The summed E-state index contributed by atoms with van der Waals surface area (Å²) in [6.07, 6.45) is 3.23. The van der Waals surface area contributed by atoms with Gasteiger partial charge in [-0.2, -0.15) is 0 Å². The summed E-state index contributed by atoms with van der Waals surface area (Å²) in [5.41, 5.74) is 4.55. The highest BCUT2D eigenvalue weighted by atomic mass is 32.2. The van der Waals surface area contributed by atoms with Crippen LogP contribution in [0.3, 0.4) is 0 Å². The van der Waals surface area contributed by atoms with E-state index in [0.29, 0.717) is 0 Å². The molecule has 0 saturated carbocycles. The normalized spacial score (nSPS) is 17.9. The molecule has 0 bridgehead atoms. The van der Waals surface area contributed by atoms with Gasteiger partial charge in [0.15, 0.2) is 5.16 Å². The Morgan fingerprint density at radius 2 is 2.04 bits per heavy atom. The van der Waals surface area contributed by atoms with Gasteiger partial charge >= 0.3 is 0 Å². The first-order chi connectivity index (χ1) is 12.2. The second-order valence-corrected chi connectivity index (χ2v) is 7.80. The molecular formula is C20H21N3OS. The molecule has 5 heteroatoms. The second-order valence-electron chi connectivity index (χ2n) is 6.47. The Morgan fingerprint density at radius 1 is 1.24 bits per heavy atom. The van der Waals surface area contributed by atoms with Gasteiger partial charge in [0.2, 0.25) is 5.91 Å². The molecule has 0 aliphatic heterocycles. The highest BCUT2D eigenvalue weighted by Gasteiger charge is 2.24. The van der Waals surface area contributed by atoms with Gasteiger partial charge in [-0.25, -0.2) is 4.98 Å². The van der Waals surface area contributed by atoms with Crippen molar-refractivity contribution in [1.82, 2.24) is 15.3 Å². The van der Waals surface area contributed by atoms with Gasteiger partial charge in [0, 0.05) is 0 Å². The van der Waals surface area contributed by atoms with Gasteiger partial charge in [-0.05, 0) is 49.4 Å². The molecule has 25 heavy (non-hydrogen) atoms. The second kappa shape index (κ2) is 6.92. The number of fused-ring (bicyclic) bond motifs is 2. The minimum absolute atomic E-state index is 0.0622. The number of aromatic nitrogens is 2. The van der Waals surface area contributed by atoms with Crippen molar-refractivity contribution in [2.24, 2.45) is 0 Å². The van der Waals surface area contributed by atoms with Crippen molar-refractivity contribution < 1.29 is 4.79 Å². The molecule has 3 aromatic rings. The van der Waals surface area contributed by atoms with E-state index in [-0.39, 0.29) is 17.2 Å². The molecule has 1 aromatic heterocycles. The Labute approximate surface area is 151 Å². The van der Waals surface area contributed by atoms with E-state index in [4.69, 9.17) is 0 Å². The van der Waals surface area contributed by atoms with Crippen LogP contribution in [0, 0.1) is 0 Å². The van der Waals surface area contributed by atoms with Crippen molar-refractivity contribution in [2.45, 2.75) is 42.6 Å². The summed E-state index contributed by atoms with van der Waals surface area (Å²) < 4.78 is 0. The van der Waals surface area contributed by atoms with Gasteiger partial charge in [0.05, 0.1) is 22.3 Å². The van der Waals surface area contributed by atoms with Crippen LogP contribution in [-0.2, 0) is 11.2 Å². The lowest BCUT2D eigenvalue weighted by Gasteiger charge is -2.27. The number of hydrogen-bond acceptors (Lipinski definition) is 3. The Kier molecular flexibility index (Phi) is 4.49. The van der Waals surface area contributed by atoms with E-state index in [0.717, 1.165) is 35.5 Å². The molecule has 1 aliphatic carbocycles. The molecule has 0 unspecified atom stereocenters. The highest BCUT2D eigenvalue weighted by molar-refractivity contribution is 8.00. The number of thioether (sulfide) groups is 1. The SMILES string of the molecule is C[C@@H](Sc1nc2ccccc2[nH]1)C(=O)N[C@@H]1CCCc2ccccc21. The van der Waals surface area contributed by atoms with E-state index < -0.39 is 0 Å².